The largest absolute Gasteiger partial charge is 0.416 e. The molecule has 1 heterocycles. The molecule has 0 saturated carbocycles. The molecule has 2 aromatic carbocycles. The molecular formula is C22H20F3N3O3S. The summed E-state index contributed by atoms with van der Waals surface area (Å²) >= 11 is 0. The molecule has 0 fully saturated rings. The number of halogens is 3. The summed E-state index contributed by atoms with van der Waals surface area (Å²) in [6.07, 6.45) is -1.59. The quantitative estimate of drug-likeness (QED) is 0.576. The first-order chi connectivity index (χ1) is 15.1. The number of hydrogen-bond acceptors (Lipinski definition) is 4. The molecule has 6 nitrogen and oxygen atoms in total. The summed E-state index contributed by atoms with van der Waals surface area (Å²) in [7, 11) is -4.32. The number of anilines is 1. The van der Waals surface area contributed by atoms with Crippen LogP contribution in [-0.2, 0) is 27.5 Å². The number of carbonyl (C=O) groups excluding carboxylic acids is 1. The van der Waals surface area contributed by atoms with Crippen molar-refractivity contribution in [2.45, 2.75) is 24.5 Å². The van der Waals surface area contributed by atoms with E-state index in [0.717, 1.165) is 17.7 Å². The summed E-state index contributed by atoms with van der Waals surface area (Å²) in [6.45, 7) is 0.907. The first-order valence-electron chi connectivity index (χ1n) is 9.50. The molecule has 0 bridgehead atoms. The third-order valence-electron chi connectivity index (χ3n) is 4.66. The van der Waals surface area contributed by atoms with Crippen LogP contribution in [0.5, 0.6) is 0 Å². The number of pyridine rings is 1. The Morgan fingerprint density at radius 1 is 1.03 bits per heavy atom. The number of hydrogen-bond donors (Lipinski definition) is 1. The van der Waals surface area contributed by atoms with Crippen molar-refractivity contribution in [2.75, 3.05) is 10.8 Å². The SMILES string of the molecule is Cc1ccc(C(F)(F)F)cc1N(CC(=O)NCc1ccncc1)S(=O)(=O)c1ccccc1. The van der Waals surface area contributed by atoms with Gasteiger partial charge in [0.15, 0.2) is 0 Å². The summed E-state index contributed by atoms with van der Waals surface area (Å²) in [5, 5.41) is 2.59. The van der Waals surface area contributed by atoms with E-state index in [1.165, 1.54) is 37.3 Å². The van der Waals surface area contributed by atoms with Crippen molar-refractivity contribution in [3.8, 4) is 0 Å². The maximum absolute atomic E-state index is 13.3. The minimum absolute atomic E-state index is 0.113. The van der Waals surface area contributed by atoms with Gasteiger partial charge < -0.3 is 5.32 Å². The van der Waals surface area contributed by atoms with Crippen LogP contribution in [0.3, 0.4) is 0 Å². The van der Waals surface area contributed by atoms with Gasteiger partial charge in [-0.1, -0.05) is 24.3 Å². The summed E-state index contributed by atoms with van der Waals surface area (Å²) in [4.78, 5) is 16.3. The Kier molecular flexibility index (Phi) is 6.83. The zero-order chi connectivity index (χ0) is 23.4. The summed E-state index contributed by atoms with van der Waals surface area (Å²) in [5.41, 5.74) is -0.216. The highest BCUT2D eigenvalue weighted by molar-refractivity contribution is 7.92. The van der Waals surface area contributed by atoms with Crippen molar-refractivity contribution in [1.82, 2.24) is 10.3 Å². The lowest BCUT2D eigenvalue weighted by atomic mass is 10.1. The van der Waals surface area contributed by atoms with Crippen LogP contribution in [0.2, 0.25) is 0 Å². The lowest BCUT2D eigenvalue weighted by molar-refractivity contribution is -0.137. The molecule has 0 radical (unpaired) electrons. The highest BCUT2D eigenvalue weighted by atomic mass is 32.2. The number of nitrogens with one attached hydrogen (secondary N) is 1. The number of rotatable bonds is 7. The Balaban J connectivity index is 1.98. The maximum atomic E-state index is 13.3. The zero-order valence-corrected chi connectivity index (χ0v) is 17.8. The fourth-order valence-corrected chi connectivity index (χ4v) is 4.46. The van der Waals surface area contributed by atoms with Gasteiger partial charge in [0.2, 0.25) is 5.91 Å². The average Bonchev–Trinajstić information content (AvgIpc) is 2.77. The number of amides is 1. The van der Waals surface area contributed by atoms with E-state index in [1.54, 1.807) is 30.6 Å². The van der Waals surface area contributed by atoms with Gasteiger partial charge in [-0.2, -0.15) is 13.2 Å². The standard InChI is InChI=1S/C22H20F3N3O3S/c1-16-7-8-18(22(23,24)25)13-20(16)28(32(30,31)19-5-3-2-4-6-19)15-21(29)27-14-17-9-11-26-12-10-17/h2-13H,14-15H2,1H3,(H,27,29). The van der Waals surface area contributed by atoms with Gasteiger partial charge >= 0.3 is 6.18 Å². The van der Waals surface area contributed by atoms with Gasteiger partial charge in [-0.15, -0.1) is 0 Å². The Morgan fingerprint density at radius 3 is 2.31 bits per heavy atom. The molecule has 3 aromatic rings. The number of nitrogens with zero attached hydrogens (tertiary/aromatic N) is 2. The van der Waals surface area contributed by atoms with Crippen LogP contribution in [-0.4, -0.2) is 25.9 Å². The number of alkyl halides is 3. The van der Waals surface area contributed by atoms with E-state index < -0.39 is 34.2 Å². The molecule has 1 amide bonds. The Morgan fingerprint density at radius 2 is 1.69 bits per heavy atom. The van der Waals surface area contributed by atoms with Crippen molar-refractivity contribution >= 4 is 21.6 Å². The molecule has 0 aliphatic carbocycles. The molecule has 0 atom stereocenters. The van der Waals surface area contributed by atoms with E-state index in [0.29, 0.717) is 4.31 Å². The van der Waals surface area contributed by atoms with E-state index in [-0.39, 0.29) is 22.7 Å². The first kappa shape index (κ1) is 23.3. The predicted molar refractivity (Wildman–Crippen MR) is 113 cm³/mol. The lowest BCUT2D eigenvalue weighted by Crippen LogP contribution is -2.41. The van der Waals surface area contributed by atoms with Gasteiger partial charge in [-0.3, -0.25) is 14.1 Å². The summed E-state index contributed by atoms with van der Waals surface area (Å²) < 4.78 is 67.2. The van der Waals surface area contributed by atoms with Crippen molar-refractivity contribution in [1.29, 1.82) is 0 Å². The molecule has 0 aliphatic rings. The van der Waals surface area contributed by atoms with Gasteiger partial charge in [-0.25, -0.2) is 8.42 Å². The van der Waals surface area contributed by atoms with Gasteiger partial charge in [0, 0.05) is 18.9 Å². The van der Waals surface area contributed by atoms with Crippen molar-refractivity contribution in [3.05, 3.63) is 89.7 Å². The Bertz CT molecular complexity index is 1190. The smallest absolute Gasteiger partial charge is 0.350 e. The fourth-order valence-electron chi connectivity index (χ4n) is 2.96. The van der Waals surface area contributed by atoms with E-state index in [2.05, 4.69) is 10.3 Å². The van der Waals surface area contributed by atoms with Gasteiger partial charge in [0.25, 0.3) is 10.0 Å². The molecule has 0 aliphatic heterocycles. The van der Waals surface area contributed by atoms with Gasteiger partial charge in [-0.05, 0) is 54.4 Å². The van der Waals surface area contributed by atoms with Crippen LogP contribution >= 0.6 is 0 Å². The van der Waals surface area contributed by atoms with Gasteiger partial charge in [0.1, 0.15) is 6.54 Å². The highest BCUT2D eigenvalue weighted by Gasteiger charge is 2.34. The van der Waals surface area contributed by atoms with E-state index in [9.17, 15) is 26.4 Å². The molecule has 3 rings (SSSR count). The molecule has 1 N–H and O–H groups in total. The Labute approximate surface area is 183 Å². The van der Waals surface area contributed by atoms with Crippen LogP contribution < -0.4 is 9.62 Å². The second kappa shape index (κ2) is 9.39. The predicted octanol–water partition coefficient (Wildman–Crippen LogP) is 3.92. The topological polar surface area (TPSA) is 79.4 Å². The van der Waals surface area contributed by atoms with E-state index >= 15 is 0 Å². The number of aromatic nitrogens is 1. The molecule has 0 spiro atoms. The van der Waals surface area contributed by atoms with E-state index in [4.69, 9.17) is 0 Å². The third kappa shape index (κ3) is 5.44. The third-order valence-corrected chi connectivity index (χ3v) is 6.44. The molecule has 0 saturated heterocycles. The summed E-state index contributed by atoms with van der Waals surface area (Å²) in [5.74, 6) is -0.668. The second-order valence-electron chi connectivity index (χ2n) is 6.96. The molecule has 32 heavy (non-hydrogen) atoms. The number of carbonyl (C=O) groups is 1. The second-order valence-corrected chi connectivity index (χ2v) is 8.82. The van der Waals surface area contributed by atoms with Crippen LogP contribution in [0.4, 0.5) is 18.9 Å². The number of sulfonamides is 1. The molecule has 168 valence electrons. The van der Waals surface area contributed by atoms with Gasteiger partial charge in [0.05, 0.1) is 16.1 Å². The van der Waals surface area contributed by atoms with Crippen LogP contribution in [0, 0.1) is 6.92 Å². The lowest BCUT2D eigenvalue weighted by Gasteiger charge is -2.26. The maximum Gasteiger partial charge on any atom is 0.416 e. The molecule has 1 aromatic heterocycles. The Hall–Kier alpha value is -3.40. The summed E-state index contributed by atoms with van der Waals surface area (Å²) in [6, 6.07) is 13.4. The van der Waals surface area contributed by atoms with E-state index in [1.807, 2.05) is 0 Å². The van der Waals surface area contributed by atoms with Crippen molar-refractivity contribution in [3.63, 3.8) is 0 Å². The minimum Gasteiger partial charge on any atom is -0.350 e. The number of aryl methyl sites for hydroxylation is 1. The van der Waals surface area contributed by atoms with Crippen LogP contribution in [0.15, 0.2) is 78.0 Å². The first-order valence-corrected chi connectivity index (χ1v) is 10.9. The molecular weight excluding hydrogens is 443 g/mol. The average molecular weight is 463 g/mol. The molecule has 10 heteroatoms. The van der Waals surface area contributed by atoms with Crippen LogP contribution in [0.1, 0.15) is 16.7 Å². The molecule has 0 unspecified atom stereocenters. The van der Waals surface area contributed by atoms with Crippen LogP contribution in [0.25, 0.3) is 0 Å². The normalized spacial score (nSPS) is 11.8. The zero-order valence-electron chi connectivity index (χ0n) is 17.0. The minimum atomic E-state index is -4.67. The monoisotopic (exact) mass is 463 g/mol. The number of benzene rings is 2. The highest BCUT2D eigenvalue weighted by Crippen LogP contribution is 2.35. The van der Waals surface area contributed by atoms with Crippen molar-refractivity contribution in [2.24, 2.45) is 0 Å². The van der Waals surface area contributed by atoms with Crippen molar-refractivity contribution < 1.29 is 26.4 Å². The fraction of sp³-hybridized carbons (Fsp3) is 0.182.